The van der Waals surface area contributed by atoms with Crippen molar-refractivity contribution in [2.75, 3.05) is 25.0 Å². The predicted molar refractivity (Wildman–Crippen MR) is 94.5 cm³/mol. The Morgan fingerprint density at radius 3 is 2.56 bits per heavy atom. The van der Waals surface area contributed by atoms with Gasteiger partial charge >= 0.3 is 6.09 Å². The highest BCUT2D eigenvalue weighted by Crippen LogP contribution is 2.12. The Morgan fingerprint density at radius 2 is 2.00 bits per heavy atom. The fourth-order valence-electron chi connectivity index (χ4n) is 2.57. The summed E-state index contributed by atoms with van der Waals surface area (Å²) in [6.45, 7) is 7.46. The van der Waals surface area contributed by atoms with Gasteiger partial charge in [0.05, 0.1) is 6.61 Å². The topological polar surface area (TPSA) is 96.5 Å². The van der Waals surface area contributed by atoms with Crippen LogP contribution in [0.1, 0.15) is 50.5 Å². The summed E-state index contributed by atoms with van der Waals surface area (Å²) >= 11 is 0. The molecule has 0 aliphatic carbocycles. The molecule has 25 heavy (non-hydrogen) atoms. The molecule has 1 aliphatic heterocycles. The number of ether oxygens (including phenoxy) is 1. The molecule has 2 N–H and O–H groups in total. The summed E-state index contributed by atoms with van der Waals surface area (Å²) in [6, 6.07) is 3.76. The molecule has 1 aromatic rings. The zero-order valence-electron chi connectivity index (χ0n) is 15.1. The largest absolute Gasteiger partial charge is 0.450 e. The predicted octanol–water partition coefficient (Wildman–Crippen LogP) is 2.04. The molecule has 1 saturated heterocycles. The van der Waals surface area contributed by atoms with Crippen LogP contribution in [0.3, 0.4) is 0 Å². The minimum atomic E-state index is -0.289. The third-order valence-electron chi connectivity index (χ3n) is 4.26. The Kier molecular flexibility index (Phi) is 6.97. The molecule has 2 rings (SSSR count). The standard InChI is InChI=1S/C17H27N5O3/c1-4-12(3)18-15-7-6-14(20-21-15)16(23)19-13-8-10-22(11-9-13)17(24)25-5-2/h6-7,12-13H,4-5,8-11H2,1-3H3,(H,18,21)(H,19,23). The summed E-state index contributed by atoms with van der Waals surface area (Å²) in [5, 5.41) is 14.2. The van der Waals surface area contributed by atoms with Gasteiger partial charge in [0.25, 0.3) is 5.91 Å². The van der Waals surface area contributed by atoms with Crippen LogP contribution in [0.25, 0.3) is 0 Å². The van der Waals surface area contributed by atoms with Crippen molar-refractivity contribution >= 4 is 17.8 Å². The van der Waals surface area contributed by atoms with Crippen molar-refractivity contribution < 1.29 is 14.3 Å². The number of rotatable bonds is 6. The number of likely N-dealkylation sites (tertiary alicyclic amines) is 1. The lowest BCUT2D eigenvalue weighted by atomic mass is 10.1. The van der Waals surface area contributed by atoms with Crippen molar-refractivity contribution in [2.24, 2.45) is 0 Å². The van der Waals surface area contributed by atoms with Gasteiger partial charge in [-0.15, -0.1) is 10.2 Å². The number of hydrogen-bond donors (Lipinski definition) is 2. The minimum absolute atomic E-state index is 0.0258. The van der Waals surface area contributed by atoms with Crippen LogP contribution in [0.4, 0.5) is 10.6 Å². The quantitative estimate of drug-likeness (QED) is 0.816. The first kappa shape index (κ1) is 19.0. The van der Waals surface area contributed by atoms with Crippen molar-refractivity contribution in [3.05, 3.63) is 17.8 Å². The zero-order chi connectivity index (χ0) is 18.2. The van der Waals surface area contributed by atoms with Crippen LogP contribution in [0.5, 0.6) is 0 Å². The summed E-state index contributed by atoms with van der Waals surface area (Å²) in [5.74, 6) is 0.422. The van der Waals surface area contributed by atoms with Crippen LogP contribution in [0, 0.1) is 0 Å². The molecule has 8 nitrogen and oxygen atoms in total. The molecule has 0 bridgehead atoms. The molecule has 0 aromatic carbocycles. The molecular weight excluding hydrogens is 322 g/mol. The lowest BCUT2D eigenvalue weighted by molar-refractivity contribution is 0.0856. The van der Waals surface area contributed by atoms with Crippen LogP contribution in [-0.4, -0.2) is 58.9 Å². The van der Waals surface area contributed by atoms with Crippen molar-refractivity contribution in [1.82, 2.24) is 20.4 Å². The molecule has 138 valence electrons. The zero-order valence-corrected chi connectivity index (χ0v) is 15.1. The van der Waals surface area contributed by atoms with Crippen molar-refractivity contribution in [2.45, 2.75) is 52.1 Å². The summed E-state index contributed by atoms with van der Waals surface area (Å²) in [7, 11) is 0. The molecule has 8 heteroatoms. The second-order valence-electron chi connectivity index (χ2n) is 6.19. The van der Waals surface area contributed by atoms with Crippen LogP contribution in [0.2, 0.25) is 0 Å². The van der Waals surface area contributed by atoms with E-state index in [-0.39, 0.29) is 18.0 Å². The summed E-state index contributed by atoms with van der Waals surface area (Å²) in [6.07, 6.45) is 2.09. The third-order valence-corrected chi connectivity index (χ3v) is 4.26. The van der Waals surface area contributed by atoms with Crippen LogP contribution in [0.15, 0.2) is 12.1 Å². The summed E-state index contributed by atoms with van der Waals surface area (Å²) in [5.41, 5.74) is 0.294. The van der Waals surface area contributed by atoms with E-state index < -0.39 is 0 Å². The first-order chi connectivity index (χ1) is 12.0. The first-order valence-electron chi connectivity index (χ1n) is 8.86. The number of carbonyl (C=O) groups excluding carboxylic acids is 2. The van der Waals surface area contributed by atoms with E-state index in [9.17, 15) is 9.59 Å². The molecule has 1 fully saturated rings. The first-order valence-corrected chi connectivity index (χ1v) is 8.86. The SMILES string of the molecule is CCOC(=O)N1CCC(NC(=O)c2ccc(NC(C)CC)nn2)CC1. The smallest absolute Gasteiger partial charge is 0.409 e. The van der Waals surface area contributed by atoms with Gasteiger partial charge in [0.15, 0.2) is 5.69 Å². The minimum Gasteiger partial charge on any atom is -0.450 e. The highest BCUT2D eigenvalue weighted by Gasteiger charge is 2.25. The number of anilines is 1. The van der Waals surface area contributed by atoms with E-state index in [2.05, 4.69) is 34.7 Å². The monoisotopic (exact) mass is 349 g/mol. The molecule has 1 atom stereocenters. The lowest BCUT2D eigenvalue weighted by Crippen LogP contribution is -2.46. The Labute approximate surface area is 148 Å². The maximum absolute atomic E-state index is 12.3. The van der Waals surface area contributed by atoms with Gasteiger partial charge < -0.3 is 20.3 Å². The fraction of sp³-hybridized carbons (Fsp3) is 0.647. The van der Waals surface area contributed by atoms with Crippen LogP contribution in [-0.2, 0) is 4.74 Å². The van der Waals surface area contributed by atoms with Crippen molar-refractivity contribution in [1.29, 1.82) is 0 Å². The fourth-order valence-corrected chi connectivity index (χ4v) is 2.57. The van der Waals surface area contributed by atoms with Crippen LogP contribution < -0.4 is 10.6 Å². The van der Waals surface area contributed by atoms with Gasteiger partial charge in [-0.1, -0.05) is 6.92 Å². The van der Waals surface area contributed by atoms with Crippen LogP contribution >= 0.6 is 0 Å². The normalized spacial score (nSPS) is 16.2. The van der Waals surface area contributed by atoms with E-state index in [0.717, 1.165) is 6.42 Å². The lowest BCUT2D eigenvalue weighted by Gasteiger charge is -2.31. The van der Waals surface area contributed by atoms with E-state index in [1.165, 1.54) is 0 Å². The number of piperidine rings is 1. The highest BCUT2D eigenvalue weighted by atomic mass is 16.6. The van der Waals surface area contributed by atoms with E-state index in [1.54, 1.807) is 24.0 Å². The Balaban J connectivity index is 1.81. The molecule has 2 heterocycles. The van der Waals surface area contributed by atoms with Gasteiger partial charge in [0.1, 0.15) is 5.82 Å². The Hall–Kier alpha value is -2.38. The molecule has 1 aliphatic rings. The molecule has 1 aromatic heterocycles. The number of aromatic nitrogens is 2. The van der Waals surface area contributed by atoms with Crippen molar-refractivity contribution in [3.63, 3.8) is 0 Å². The highest BCUT2D eigenvalue weighted by molar-refractivity contribution is 5.92. The van der Waals surface area contributed by atoms with Gasteiger partial charge in [-0.25, -0.2) is 4.79 Å². The summed E-state index contributed by atoms with van der Waals surface area (Å²) < 4.78 is 4.99. The molecule has 2 amide bonds. The third kappa shape index (κ3) is 5.58. The number of hydrogen-bond acceptors (Lipinski definition) is 6. The number of nitrogens with zero attached hydrogens (tertiary/aromatic N) is 3. The van der Waals surface area contributed by atoms with E-state index >= 15 is 0 Å². The van der Waals surface area contributed by atoms with Gasteiger partial charge in [0.2, 0.25) is 0 Å². The molecule has 0 spiro atoms. The molecule has 1 unspecified atom stereocenters. The number of carbonyl (C=O) groups is 2. The average Bonchev–Trinajstić information content (AvgIpc) is 2.63. The van der Waals surface area contributed by atoms with Gasteiger partial charge in [0, 0.05) is 25.2 Å². The second kappa shape index (κ2) is 9.19. The summed E-state index contributed by atoms with van der Waals surface area (Å²) in [4.78, 5) is 25.6. The van der Waals surface area contributed by atoms with E-state index in [4.69, 9.17) is 4.74 Å². The number of amides is 2. The Morgan fingerprint density at radius 1 is 1.28 bits per heavy atom. The van der Waals surface area contributed by atoms with E-state index in [1.807, 2.05) is 0 Å². The van der Waals surface area contributed by atoms with E-state index in [0.29, 0.717) is 50.1 Å². The second-order valence-corrected chi connectivity index (χ2v) is 6.19. The van der Waals surface area contributed by atoms with Crippen molar-refractivity contribution in [3.8, 4) is 0 Å². The average molecular weight is 349 g/mol. The number of nitrogens with one attached hydrogen (secondary N) is 2. The molecule has 0 radical (unpaired) electrons. The van der Waals surface area contributed by atoms with Gasteiger partial charge in [-0.05, 0) is 45.2 Å². The van der Waals surface area contributed by atoms with Gasteiger partial charge in [-0.2, -0.15) is 0 Å². The Bertz CT molecular complexity index is 570. The molecule has 0 saturated carbocycles. The molecular formula is C17H27N5O3. The maximum Gasteiger partial charge on any atom is 0.409 e. The van der Waals surface area contributed by atoms with Gasteiger partial charge in [-0.3, -0.25) is 4.79 Å². The maximum atomic E-state index is 12.3.